The van der Waals surface area contributed by atoms with Gasteiger partial charge in [0, 0.05) is 20.1 Å². The second-order valence-electron chi connectivity index (χ2n) is 1.56. The number of methoxy groups -OCH3 is 3. The number of hydrogen-bond donors (Lipinski definition) is 0. The van der Waals surface area contributed by atoms with Crippen LogP contribution in [0.2, 0.25) is 0 Å². The summed E-state index contributed by atoms with van der Waals surface area (Å²) >= 11 is 0. The molecule has 0 radical (unpaired) electrons. The third kappa shape index (κ3) is 4.37. The van der Waals surface area contributed by atoms with Crippen LogP contribution in [0.5, 0.6) is 0 Å². The van der Waals surface area contributed by atoms with Gasteiger partial charge >= 0.3 is 5.97 Å². The van der Waals surface area contributed by atoms with Gasteiger partial charge in [0.1, 0.15) is 0 Å². The van der Waals surface area contributed by atoms with E-state index in [2.05, 4.69) is 16.6 Å². The van der Waals surface area contributed by atoms with Gasteiger partial charge in [-0.3, -0.25) is 0 Å². The SMILES string of the molecule is COC(=O)C#CC(OC)OC. The third-order valence-corrected chi connectivity index (χ3v) is 0.906. The van der Waals surface area contributed by atoms with E-state index in [-0.39, 0.29) is 0 Å². The minimum Gasteiger partial charge on any atom is -0.459 e. The third-order valence-electron chi connectivity index (χ3n) is 0.906. The van der Waals surface area contributed by atoms with Crippen molar-refractivity contribution in [2.45, 2.75) is 6.29 Å². The smallest absolute Gasteiger partial charge is 0.384 e. The summed E-state index contributed by atoms with van der Waals surface area (Å²) in [6.07, 6.45) is -0.672. The largest absolute Gasteiger partial charge is 0.459 e. The van der Waals surface area contributed by atoms with Crippen LogP contribution in [0.25, 0.3) is 0 Å². The first-order valence-electron chi connectivity index (χ1n) is 2.89. The zero-order chi connectivity index (χ0) is 8.69. The van der Waals surface area contributed by atoms with Gasteiger partial charge in [-0.2, -0.15) is 0 Å². The molecule has 0 saturated carbocycles. The lowest BCUT2D eigenvalue weighted by Gasteiger charge is -2.03. The van der Waals surface area contributed by atoms with E-state index in [1.807, 2.05) is 0 Å². The molecule has 0 N–H and O–H groups in total. The van der Waals surface area contributed by atoms with Crippen LogP contribution < -0.4 is 0 Å². The molecule has 4 heteroatoms. The fourth-order valence-electron chi connectivity index (χ4n) is 0.383. The lowest BCUT2D eigenvalue weighted by atomic mass is 10.5. The molecule has 0 unspecified atom stereocenters. The molecule has 0 aliphatic carbocycles. The number of hydrogen-bond acceptors (Lipinski definition) is 4. The number of carbonyl (C=O) groups is 1. The summed E-state index contributed by atoms with van der Waals surface area (Å²) in [5, 5.41) is 0. The zero-order valence-corrected chi connectivity index (χ0v) is 6.71. The highest BCUT2D eigenvalue weighted by Gasteiger charge is 1.98. The first kappa shape index (κ1) is 9.95. The van der Waals surface area contributed by atoms with E-state index in [1.54, 1.807) is 0 Å². The Morgan fingerprint density at radius 1 is 1.27 bits per heavy atom. The first-order chi connectivity index (χ1) is 5.24. The fraction of sp³-hybridized carbons (Fsp3) is 0.571. The standard InChI is InChI=1S/C7H10O4/c1-9-6(8)4-5-7(10-2)11-3/h7H,1-3H3. The Hall–Kier alpha value is -1.05. The fourth-order valence-corrected chi connectivity index (χ4v) is 0.383. The summed E-state index contributed by atoms with van der Waals surface area (Å²) in [6, 6.07) is 0. The second kappa shape index (κ2) is 5.71. The van der Waals surface area contributed by atoms with Crippen molar-refractivity contribution in [1.82, 2.24) is 0 Å². The predicted octanol–water partition coefficient (Wildman–Crippen LogP) is -0.218. The number of rotatable bonds is 2. The van der Waals surface area contributed by atoms with Gasteiger partial charge in [-0.25, -0.2) is 4.79 Å². The quantitative estimate of drug-likeness (QED) is 0.241. The molecule has 0 aliphatic heterocycles. The molecule has 0 bridgehead atoms. The average Bonchev–Trinajstić information content (AvgIpc) is 2.06. The molecule has 62 valence electrons. The van der Waals surface area contributed by atoms with Crippen molar-refractivity contribution in [1.29, 1.82) is 0 Å². The molecule has 0 amide bonds. The van der Waals surface area contributed by atoms with Gasteiger partial charge in [0.15, 0.2) is 0 Å². The highest BCUT2D eigenvalue weighted by Crippen LogP contribution is 1.86. The van der Waals surface area contributed by atoms with Crippen molar-refractivity contribution in [3.8, 4) is 11.8 Å². The minimum absolute atomic E-state index is 0.607. The number of carbonyl (C=O) groups excluding carboxylic acids is 1. The Balaban J connectivity index is 3.92. The van der Waals surface area contributed by atoms with Crippen LogP contribution in [-0.4, -0.2) is 33.6 Å². The molecule has 0 heterocycles. The normalized spacial score (nSPS) is 8.73. The Bertz CT molecular complexity index is 173. The molecule has 0 fully saturated rings. The average molecular weight is 158 g/mol. The van der Waals surface area contributed by atoms with Crippen molar-refractivity contribution >= 4 is 5.97 Å². The maximum absolute atomic E-state index is 10.4. The first-order valence-corrected chi connectivity index (χ1v) is 2.89. The monoisotopic (exact) mass is 158 g/mol. The molecule has 0 aromatic carbocycles. The van der Waals surface area contributed by atoms with Crippen LogP contribution >= 0.6 is 0 Å². The highest BCUT2D eigenvalue weighted by molar-refractivity contribution is 5.88. The Labute approximate surface area is 65.4 Å². The Morgan fingerprint density at radius 2 is 1.82 bits per heavy atom. The lowest BCUT2D eigenvalue weighted by molar-refractivity contribution is -0.133. The van der Waals surface area contributed by atoms with E-state index >= 15 is 0 Å². The summed E-state index contributed by atoms with van der Waals surface area (Å²) in [5.74, 6) is 3.97. The summed E-state index contributed by atoms with van der Waals surface area (Å²) in [7, 11) is 4.12. The van der Waals surface area contributed by atoms with Crippen LogP contribution in [-0.2, 0) is 19.0 Å². The van der Waals surface area contributed by atoms with Crippen molar-refractivity contribution in [3.05, 3.63) is 0 Å². The van der Waals surface area contributed by atoms with Gasteiger partial charge < -0.3 is 14.2 Å². The molecule has 0 aliphatic rings. The van der Waals surface area contributed by atoms with E-state index in [0.29, 0.717) is 0 Å². The summed E-state index contributed by atoms with van der Waals surface area (Å²) < 4.78 is 13.6. The summed E-state index contributed by atoms with van der Waals surface area (Å²) in [6.45, 7) is 0. The minimum atomic E-state index is -0.672. The van der Waals surface area contributed by atoms with E-state index < -0.39 is 12.3 Å². The highest BCUT2D eigenvalue weighted by atomic mass is 16.7. The molecule has 0 spiro atoms. The van der Waals surface area contributed by atoms with Crippen LogP contribution in [0.1, 0.15) is 0 Å². The van der Waals surface area contributed by atoms with E-state index in [9.17, 15) is 4.79 Å². The van der Waals surface area contributed by atoms with Gasteiger partial charge in [-0.1, -0.05) is 0 Å². The Kier molecular flexibility index (Phi) is 5.17. The van der Waals surface area contributed by atoms with Crippen molar-refractivity contribution in [2.75, 3.05) is 21.3 Å². The maximum Gasteiger partial charge on any atom is 0.384 e. The number of ether oxygens (including phenoxy) is 3. The molecule has 11 heavy (non-hydrogen) atoms. The molecule has 0 rings (SSSR count). The van der Waals surface area contributed by atoms with Crippen LogP contribution in [0.15, 0.2) is 0 Å². The molecule has 4 nitrogen and oxygen atoms in total. The maximum atomic E-state index is 10.4. The molecular weight excluding hydrogens is 148 g/mol. The van der Waals surface area contributed by atoms with Crippen molar-refractivity contribution in [3.63, 3.8) is 0 Å². The van der Waals surface area contributed by atoms with Crippen LogP contribution in [0.4, 0.5) is 0 Å². The molecule has 0 saturated heterocycles. The Morgan fingerprint density at radius 3 is 2.18 bits per heavy atom. The van der Waals surface area contributed by atoms with E-state index in [4.69, 9.17) is 9.47 Å². The van der Waals surface area contributed by atoms with Crippen molar-refractivity contribution < 1.29 is 19.0 Å². The molecule has 0 aromatic heterocycles. The number of esters is 1. The molecular formula is C7H10O4. The summed E-state index contributed by atoms with van der Waals surface area (Å²) in [5.41, 5.74) is 0. The van der Waals surface area contributed by atoms with Gasteiger partial charge in [-0.05, 0) is 5.92 Å². The van der Waals surface area contributed by atoms with Gasteiger partial charge in [0.25, 0.3) is 0 Å². The zero-order valence-electron chi connectivity index (χ0n) is 6.71. The van der Waals surface area contributed by atoms with Gasteiger partial charge in [0.2, 0.25) is 6.29 Å². The summed E-state index contributed by atoms with van der Waals surface area (Å²) in [4.78, 5) is 10.4. The second-order valence-corrected chi connectivity index (χ2v) is 1.56. The van der Waals surface area contributed by atoms with E-state index in [0.717, 1.165) is 0 Å². The van der Waals surface area contributed by atoms with Crippen LogP contribution in [0.3, 0.4) is 0 Å². The van der Waals surface area contributed by atoms with E-state index in [1.165, 1.54) is 21.3 Å². The molecule has 0 aromatic rings. The molecule has 0 atom stereocenters. The van der Waals surface area contributed by atoms with Gasteiger partial charge in [0.05, 0.1) is 7.11 Å². The van der Waals surface area contributed by atoms with Crippen LogP contribution in [0, 0.1) is 11.8 Å². The topological polar surface area (TPSA) is 44.8 Å². The van der Waals surface area contributed by atoms with Gasteiger partial charge in [-0.15, -0.1) is 0 Å². The predicted molar refractivity (Wildman–Crippen MR) is 37.6 cm³/mol. The lowest BCUT2D eigenvalue weighted by Crippen LogP contribution is -2.10. The van der Waals surface area contributed by atoms with Crippen molar-refractivity contribution in [2.24, 2.45) is 0 Å².